The number of fused-ring (bicyclic) bond motifs is 1. The highest BCUT2D eigenvalue weighted by atomic mass is 127. The lowest BCUT2D eigenvalue weighted by atomic mass is 10.1. The van der Waals surface area contributed by atoms with Crippen LogP contribution in [-0.4, -0.2) is 7.05 Å². The molecule has 0 N–H and O–H groups in total. The van der Waals surface area contributed by atoms with Crippen LogP contribution < -0.4 is 33.4 Å². The Morgan fingerprint density at radius 2 is 1.59 bits per heavy atom. The van der Waals surface area contributed by atoms with Gasteiger partial charge in [0.15, 0.2) is 11.4 Å². The predicted octanol–water partition coefficient (Wildman–Crippen LogP) is 2.43. The van der Waals surface area contributed by atoms with Gasteiger partial charge in [-0.15, -0.1) is 0 Å². The second kappa shape index (κ2) is 8.07. The summed E-state index contributed by atoms with van der Waals surface area (Å²) in [5, 5.41) is 1.26. The van der Waals surface area contributed by atoms with E-state index in [1.807, 2.05) is 11.8 Å². The maximum atomic E-state index is 2.31. The molecule has 27 heavy (non-hydrogen) atoms. The molecular weight excluding hydrogens is 463 g/mol. The minimum Gasteiger partial charge on any atom is -1.00 e. The summed E-state index contributed by atoms with van der Waals surface area (Å²) in [6.07, 6.45) is 2.28. The van der Waals surface area contributed by atoms with E-state index < -0.39 is 0 Å². The molecular formula is C23H23IN2S. The quantitative estimate of drug-likeness (QED) is 0.406. The molecule has 1 aliphatic rings. The van der Waals surface area contributed by atoms with E-state index in [0.717, 1.165) is 0 Å². The Hall–Kier alpha value is -1.79. The molecule has 3 aromatic rings. The van der Waals surface area contributed by atoms with Crippen LogP contribution in [0.25, 0.3) is 11.8 Å². The Kier molecular flexibility index (Phi) is 5.96. The molecule has 1 aliphatic heterocycles. The number of thioether (sulfide) groups is 1. The van der Waals surface area contributed by atoms with Crippen LogP contribution in [0.4, 0.5) is 5.69 Å². The van der Waals surface area contributed by atoms with Crippen LogP contribution in [0.1, 0.15) is 22.5 Å². The van der Waals surface area contributed by atoms with E-state index in [9.17, 15) is 0 Å². The Morgan fingerprint density at radius 1 is 0.889 bits per heavy atom. The number of aromatic nitrogens is 1. The van der Waals surface area contributed by atoms with Crippen molar-refractivity contribution in [3.63, 3.8) is 0 Å². The van der Waals surface area contributed by atoms with Gasteiger partial charge in [0.05, 0.1) is 10.7 Å². The van der Waals surface area contributed by atoms with Crippen LogP contribution in [-0.2, 0) is 0 Å². The zero-order valence-corrected chi connectivity index (χ0v) is 19.0. The molecule has 0 unspecified atom stereocenters. The number of para-hydroxylation sites is 1. The van der Waals surface area contributed by atoms with Crippen molar-refractivity contribution in [2.24, 2.45) is 0 Å². The summed E-state index contributed by atoms with van der Waals surface area (Å²) in [5.74, 6) is 0. The number of aryl methyl sites for hydroxylation is 3. The molecule has 4 rings (SSSR count). The molecule has 2 heterocycles. The van der Waals surface area contributed by atoms with Gasteiger partial charge in [0.25, 0.3) is 0 Å². The fourth-order valence-corrected chi connectivity index (χ4v) is 4.69. The third-order valence-corrected chi connectivity index (χ3v) is 5.94. The van der Waals surface area contributed by atoms with Gasteiger partial charge in [-0.25, -0.2) is 0 Å². The highest BCUT2D eigenvalue weighted by molar-refractivity contribution is 8.03. The number of anilines is 1. The molecule has 1 aromatic heterocycles. The van der Waals surface area contributed by atoms with E-state index in [0.29, 0.717) is 0 Å². The summed E-state index contributed by atoms with van der Waals surface area (Å²) in [6, 6.07) is 21.7. The summed E-state index contributed by atoms with van der Waals surface area (Å²) in [6.45, 7) is 6.49. The molecule has 138 valence electrons. The summed E-state index contributed by atoms with van der Waals surface area (Å²) < 4.78 is 2.31. The third-order valence-electron chi connectivity index (χ3n) is 4.78. The Morgan fingerprint density at radius 3 is 2.26 bits per heavy atom. The Balaban J connectivity index is 0.00000210. The van der Waals surface area contributed by atoms with Gasteiger partial charge in [0.1, 0.15) is 0 Å². The van der Waals surface area contributed by atoms with E-state index in [1.54, 1.807) is 0 Å². The number of nitrogens with zero attached hydrogens (tertiary/aromatic N) is 2. The lowest BCUT2D eigenvalue weighted by Gasteiger charge is -2.13. The first-order valence-electron chi connectivity index (χ1n) is 8.85. The second-order valence-electron chi connectivity index (χ2n) is 6.86. The first-order chi connectivity index (χ1) is 12.5. The van der Waals surface area contributed by atoms with Crippen molar-refractivity contribution < 1.29 is 28.5 Å². The van der Waals surface area contributed by atoms with Crippen LogP contribution in [0.15, 0.2) is 70.6 Å². The SMILES string of the molecule is Cc1cccc(-[n+]2c(C)cc(/C=C3\Sc4ccccc4N3C)cc2C)c1.[I-]. The third kappa shape index (κ3) is 3.92. The number of hydrogen-bond donors (Lipinski definition) is 0. The molecule has 0 aliphatic carbocycles. The first-order valence-corrected chi connectivity index (χ1v) is 9.67. The van der Waals surface area contributed by atoms with Crippen LogP contribution in [0.3, 0.4) is 0 Å². The topological polar surface area (TPSA) is 7.12 Å². The molecule has 0 radical (unpaired) electrons. The zero-order chi connectivity index (χ0) is 18.3. The van der Waals surface area contributed by atoms with E-state index in [4.69, 9.17) is 0 Å². The number of pyridine rings is 1. The highest BCUT2D eigenvalue weighted by Gasteiger charge is 2.22. The fraction of sp³-hybridized carbons (Fsp3) is 0.174. The summed E-state index contributed by atoms with van der Waals surface area (Å²) in [4.78, 5) is 3.59. The maximum absolute atomic E-state index is 2.31. The molecule has 0 saturated heterocycles. The number of benzene rings is 2. The van der Waals surface area contributed by atoms with Crippen molar-refractivity contribution in [3.8, 4) is 5.69 Å². The first kappa shape index (κ1) is 20.0. The van der Waals surface area contributed by atoms with Crippen molar-refractivity contribution in [2.45, 2.75) is 25.7 Å². The molecule has 0 amide bonds. The van der Waals surface area contributed by atoms with Gasteiger partial charge in [-0.3, -0.25) is 0 Å². The van der Waals surface area contributed by atoms with Gasteiger partial charge in [0, 0.05) is 50.1 Å². The lowest BCUT2D eigenvalue weighted by molar-refractivity contribution is -0.609. The van der Waals surface area contributed by atoms with Gasteiger partial charge in [-0.05, 0) is 36.3 Å². The minimum atomic E-state index is 0. The van der Waals surface area contributed by atoms with E-state index in [1.165, 1.54) is 43.8 Å². The molecule has 2 aromatic carbocycles. The fourth-order valence-electron chi connectivity index (χ4n) is 3.58. The normalized spacial score (nSPS) is 14.2. The predicted molar refractivity (Wildman–Crippen MR) is 111 cm³/mol. The van der Waals surface area contributed by atoms with Crippen molar-refractivity contribution in [2.75, 3.05) is 11.9 Å². The van der Waals surface area contributed by atoms with Crippen molar-refractivity contribution in [3.05, 3.63) is 88.2 Å². The zero-order valence-electron chi connectivity index (χ0n) is 16.0. The van der Waals surface area contributed by atoms with Crippen LogP contribution in [0.2, 0.25) is 0 Å². The summed E-state index contributed by atoms with van der Waals surface area (Å²) in [7, 11) is 2.14. The van der Waals surface area contributed by atoms with Crippen molar-refractivity contribution >= 4 is 23.5 Å². The smallest absolute Gasteiger partial charge is 0.211 e. The molecule has 0 spiro atoms. The molecule has 0 saturated carbocycles. The second-order valence-corrected chi connectivity index (χ2v) is 7.92. The number of halogens is 1. The Bertz CT molecular complexity index is 1000. The van der Waals surface area contributed by atoms with Crippen LogP contribution in [0, 0.1) is 20.8 Å². The van der Waals surface area contributed by atoms with Gasteiger partial charge in [-0.1, -0.05) is 36.0 Å². The van der Waals surface area contributed by atoms with Gasteiger partial charge >= 0.3 is 0 Å². The summed E-state index contributed by atoms with van der Waals surface area (Å²) >= 11 is 1.83. The number of rotatable bonds is 2. The standard InChI is InChI=1S/C23H23N2S.HI/c1-16-8-7-9-20(12-16)25-17(2)13-19(14-18(25)3)15-23-24(4)21-10-5-6-11-22(21)26-23;/h5-15H,1-4H3;1H/q+1;/p-1. The van der Waals surface area contributed by atoms with Gasteiger partial charge in [-0.2, -0.15) is 4.57 Å². The molecule has 4 heteroatoms. The monoisotopic (exact) mass is 486 g/mol. The highest BCUT2D eigenvalue weighted by Crippen LogP contribution is 2.45. The van der Waals surface area contributed by atoms with Crippen molar-refractivity contribution in [1.29, 1.82) is 0 Å². The molecule has 0 atom stereocenters. The van der Waals surface area contributed by atoms with E-state index >= 15 is 0 Å². The molecule has 0 fully saturated rings. The van der Waals surface area contributed by atoms with E-state index in [2.05, 4.69) is 104 Å². The van der Waals surface area contributed by atoms with Crippen LogP contribution in [0.5, 0.6) is 0 Å². The average Bonchev–Trinajstić information content (AvgIpc) is 2.91. The average molecular weight is 486 g/mol. The minimum absolute atomic E-state index is 0. The maximum Gasteiger partial charge on any atom is 0.211 e. The van der Waals surface area contributed by atoms with Gasteiger partial charge < -0.3 is 28.9 Å². The summed E-state index contributed by atoms with van der Waals surface area (Å²) in [5.41, 5.74) is 7.51. The largest absolute Gasteiger partial charge is 1.00 e. The van der Waals surface area contributed by atoms with E-state index in [-0.39, 0.29) is 24.0 Å². The molecule has 2 nitrogen and oxygen atoms in total. The number of hydrogen-bond acceptors (Lipinski definition) is 2. The Labute approximate surface area is 182 Å². The molecule has 0 bridgehead atoms. The van der Waals surface area contributed by atoms with Crippen LogP contribution >= 0.6 is 11.8 Å². The van der Waals surface area contributed by atoms with Crippen molar-refractivity contribution in [1.82, 2.24) is 0 Å². The van der Waals surface area contributed by atoms with Gasteiger partial charge in [0.2, 0.25) is 5.69 Å². The lowest BCUT2D eigenvalue weighted by Crippen LogP contribution is -3.00.